The minimum absolute atomic E-state index is 0.0363. The van der Waals surface area contributed by atoms with Gasteiger partial charge in [0.05, 0.1) is 17.3 Å². The van der Waals surface area contributed by atoms with Crippen molar-refractivity contribution in [1.82, 2.24) is 25.0 Å². The maximum atomic E-state index is 15.8. The van der Waals surface area contributed by atoms with Crippen molar-refractivity contribution in [3.05, 3.63) is 94.8 Å². The van der Waals surface area contributed by atoms with E-state index in [0.29, 0.717) is 23.4 Å². The first-order chi connectivity index (χ1) is 20.5. The highest BCUT2D eigenvalue weighted by atomic mass is 32.2. The Balaban J connectivity index is 1.45. The highest BCUT2D eigenvalue weighted by Crippen LogP contribution is 2.38. The number of ether oxygens (including phenoxy) is 1. The van der Waals surface area contributed by atoms with Crippen molar-refractivity contribution in [3.63, 3.8) is 0 Å². The summed E-state index contributed by atoms with van der Waals surface area (Å²) in [6, 6.07) is 11.2. The largest absolute Gasteiger partial charge is 0.760 e. The number of nitrogens with zero attached hydrogens (tertiary/aromatic N) is 3. The molecule has 9 nitrogen and oxygen atoms in total. The van der Waals surface area contributed by atoms with Crippen molar-refractivity contribution in [2.45, 2.75) is 44.9 Å². The van der Waals surface area contributed by atoms with E-state index in [2.05, 4.69) is 30.3 Å². The molecule has 0 spiro atoms. The first-order valence-electron chi connectivity index (χ1n) is 13.5. The van der Waals surface area contributed by atoms with Crippen molar-refractivity contribution < 1.29 is 26.7 Å². The van der Waals surface area contributed by atoms with Crippen molar-refractivity contribution in [2.24, 2.45) is 0 Å². The van der Waals surface area contributed by atoms with Gasteiger partial charge in [0.25, 0.3) is 0 Å². The fourth-order valence-corrected chi connectivity index (χ4v) is 5.51. The number of benzene rings is 2. The zero-order valence-corrected chi connectivity index (χ0v) is 24.5. The van der Waals surface area contributed by atoms with Gasteiger partial charge in [0.2, 0.25) is 11.8 Å². The standard InChI is InChI=1S/C30H31F3N6O3S/c1-17-6-8-19(9-7-17)26(39-43(40)41)22-13-23(31)27(18(2)25(22)32)42-28-21(5-4-11-35-28)24-10-12-36-29(38-24)37-20-14-30(3,33)16-34-15-20/h4-13,20,26,34,39H,14-16H2,1-3H3,(H,40,41)(H,36,37,38)/p-1/t20-,26?,30-/m0/s1. The Labute approximate surface area is 249 Å². The second kappa shape index (κ2) is 12.8. The number of aromatic nitrogens is 3. The van der Waals surface area contributed by atoms with E-state index in [9.17, 15) is 13.2 Å². The van der Waals surface area contributed by atoms with Crippen LogP contribution >= 0.6 is 0 Å². The lowest BCUT2D eigenvalue weighted by Crippen LogP contribution is -2.50. The van der Waals surface area contributed by atoms with E-state index in [1.54, 1.807) is 42.5 Å². The van der Waals surface area contributed by atoms with E-state index in [1.165, 1.54) is 26.2 Å². The first-order valence-corrected chi connectivity index (χ1v) is 14.6. The molecular weight excluding hydrogens is 581 g/mol. The predicted molar refractivity (Wildman–Crippen MR) is 156 cm³/mol. The third-order valence-electron chi connectivity index (χ3n) is 7.15. The number of nitrogens with one attached hydrogen (secondary N) is 3. The lowest BCUT2D eigenvalue weighted by molar-refractivity contribution is 0.137. The molecular formula is C30H30F3N6O3S-. The molecule has 3 N–H and O–H groups in total. The zero-order valence-electron chi connectivity index (χ0n) is 23.7. The van der Waals surface area contributed by atoms with Gasteiger partial charge in [-0.2, -0.15) is 0 Å². The van der Waals surface area contributed by atoms with E-state index < -0.39 is 40.4 Å². The van der Waals surface area contributed by atoms with Gasteiger partial charge >= 0.3 is 0 Å². The summed E-state index contributed by atoms with van der Waals surface area (Å²) in [5, 5.41) is 6.19. The summed E-state index contributed by atoms with van der Waals surface area (Å²) in [6.45, 7) is 5.53. The number of alkyl halides is 1. The van der Waals surface area contributed by atoms with Crippen LogP contribution < -0.4 is 20.1 Å². The Hall–Kier alpha value is -3.91. The quantitative estimate of drug-likeness (QED) is 0.221. The lowest BCUT2D eigenvalue weighted by atomic mass is 9.95. The van der Waals surface area contributed by atoms with Crippen LogP contribution in [0.5, 0.6) is 11.6 Å². The van der Waals surface area contributed by atoms with Gasteiger partial charge in [0.15, 0.2) is 11.6 Å². The van der Waals surface area contributed by atoms with Crippen LogP contribution in [-0.2, 0) is 11.3 Å². The van der Waals surface area contributed by atoms with Crippen LogP contribution in [0, 0.1) is 25.5 Å². The van der Waals surface area contributed by atoms with Gasteiger partial charge in [0, 0.05) is 60.3 Å². The van der Waals surface area contributed by atoms with Gasteiger partial charge in [-0.05, 0) is 50.6 Å². The van der Waals surface area contributed by atoms with Crippen molar-refractivity contribution in [2.75, 3.05) is 18.4 Å². The number of piperidine rings is 1. The molecule has 2 aromatic carbocycles. The maximum Gasteiger partial charge on any atom is 0.228 e. The Morgan fingerprint density at radius 3 is 2.63 bits per heavy atom. The van der Waals surface area contributed by atoms with Crippen LogP contribution in [0.15, 0.2) is 60.9 Å². The molecule has 1 saturated heterocycles. The third kappa shape index (κ3) is 7.19. The van der Waals surface area contributed by atoms with Crippen molar-refractivity contribution >= 4 is 17.2 Å². The summed E-state index contributed by atoms with van der Waals surface area (Å²) < 4.78 is 77.1. The molecule has 1 aliphatic heterocycles. The highest BCUT2D eigenvalue weighted by molar-refractivity contribution is 7.77. The van der Waals surface area contributed by atoms with E-state index in [0.717, 1.165) is 11.6 Å². The smallest absolute Gasteiger partial charge is 0.228 e. The van der Waals surface area contributed by atoms with Crippen LogP contribution in [-0.4, -0.2) is 48.5 Å². The van der Waals surface area contributed by atoms with Crippen LogP contribution in [0.4, 0.5) is 19.1 Å². The zero-order chi connectivity index (χ0) is 30.7. The molecule has 4 aromatic rings. The number of rotatable bonds is 9. The molecule has 13 heteroatoms. The molecule has 1 fully saturated rings. The fourth-order valence-electron chi connectivity index (χ4n) is 5.05. The third-order valence-corrected chi connectivity index (χ3v) is 7.58. The molecule has 0 amide bonds. The molecule has 5 rings (SSSR count). The molecule has 4 atom stereocenters. The monoisotopic (exact) mass is 611 g/mol. The van der Waals surface area contributed by atoms with Gasteiger partial charge in [0.1, 0.15) is 11.5 Å². The number of hydrogen-bond donors (Lipinski definition) is 3. The van der Waals surface area contributed by atoms with Crippen LogP contribution in [0.2, 0.25) is 0 Å². The second-order valence-electron chi connectivity index (χ2n) is 10.7. The summed E-state index contributed by atoms with van der Waals surface area (Å²) >= 11 is -2.76. The molecule has 0 radical (unpaired) electrons. The molecule has 43 heavy (non-hydrogen) atoms. The Morgan fingerprint density at radius 1 is 1.14 bits per heavy atom. The summed E-state index contributed by atoms with van der Waals surface area (Å²) in [4.78, 5) is 13.0. The average molecular weight is 612 g/mol. The molecule has 2 unspecified atom stereocenters. The topological polar surface area (TPSA) is 124 Å². The van der Waals surface area contributed by atoms with E-state index in [1.807, 2.05) is 6.92 Å². The summed E-state index contributed by atoms with van der Waals surface area (Å²) in [5.74, 6) is -1.93. The second-order valence-corrected chi connectivity index (χ2v) is 11.4. The number of aryl methyl sites for hydroxylation is 1. The minimum Gasteiger partial charge on any atom is -0.760 e. The first kappa shape index (κ1) is 30.5. The van der Waals surface area contributed by atoms with Crippen LogP contribution in [0.25, 0.3) is 11.3 Å². The maximum absolute atomic E-state index is 15.8. The summed E-state index contributed by atoms with van der Waals surface area (Å²) in [7, 11) is 0. The van der Waals surface area contributed by atoms with Gasteiger partial charge in [-0.15, -0.1) is 0 Å². The van der Waals surface area contributed by atoms with Crippen molar-refractivity contribution in [1.29, 1.82) is 0 Å². The minimum atomic E-state index is -2.76. The summed E-state index contributed by atoms with van der Waals surface area (Å²) in [5.41, 5.74) is 0.382. The summed E-state index contributed by atoms with van der Waals surface area (Å²) in [6.07, 6.45) is 3.23. The molecule has 226 valence electrons. The average Bonchev–Trinajstić information content (AvgIpc) is 2.96. The normalized spacial score (nSPS) is 19.9. The van der Waals surface area contributed by atoms with Gasteiger partial charge in [-0.25, -0.2) is 32.8 Å². The highest BCUT2D eigenvalue weighted by Gasteiger charge is 2.32. The Kier molecular flexibility index (Phi) is 9.06. The van der Waals surface area contributed by atoms with Crippen LogP contribution in [0.3, 0.4) is 0 Å². The Morgan fingerprint density at radius 2 is 1.91 bits per heavy atom. The lowest BCUT2D eigenvalue weighted by Gasteiger charge is -2.33. The van der Waals surface area contributed by atoms with E-state index >= 15 is 8.78 Å². The van der Waals surface area contributed by atoms with Gasteiger partial charge < -0.3 is 19.9 Å². The van der Waals surface area contributed by atoms with Crippen LogP contribution in [0.1, 0.15) is 41.6 Å². The van der Waals surface area contributed by atoms with Gasteiger partial charge in [-0.3, -0.25) is 4.21 Å². The fraction of sp³-hybridized carbons (Fsp3) is 0.300. The van der Waals surface area contributed by atoms with E-state index in [-0.39, 0.29) is 42.0 Å². The molecule has 3 heterocycles. The SMILES string of the molecule is Cc1ccc(C(NS(=O)[O-])c2cc(F)c(Oc3ncccc3-c3ccnc(N[C@@H]4CNC[C@@](C)(F)C4)n3)c(C)c2F)cc1. The predicted octanol–water partition coefficient (Wildman–Crippen LogP) is 5.20. The number of anilines is 1. The number of hydrogen-bond acceptors (Lipinski definition) is 8. The number of pyridine rings is 1. The molecule has 0 aliphatic carbocycles. The Bertz CT molecular complexity index is 1640. The molecule has 0 saturated carbocycles. The number of halogens is 3. The van der Waals surface area contributed by atoms with E-state index in [4.69, 9.17) is 4.74 Å². The molecule has 0 bridgehead atoms. The van der Waals surface area contributed by atoms with Gasteiger partial charge in [-0.1, -0.05) is 29.8 Å². The molecule has 2 aromatic heterocycles. The molecule has 1 aliphatic rings. The van der Waals surface area contributed by atoms with Crippen molar-refractivity contribution in [3.8, 4) is 22.9 Å².